The summed E-state index contributed by atoms with van der Waals surface area (Å²) in [5, 5.41) is 0. The topological polar surface area (TPSA) is 22.3 Å². The molecule has 0 radical (unpaired) electrons. The van der Waals surface area contributed by atoms with Crippen LogP contribution >= 0.6 is 12.2 Å². The monoisotopic (exact) mass is 356 g/mol. The highest BCUT2D eigenvalue weighted by Crippen LogP contribution is 2.27. The van der Waals surface area contributed by atoms with E-state index in [1.54, 1.807) is 4.90 Å². The third-order valence-corrected chi connectivity index (χ3v) is 5.77. The molecule has 134 valence electrons. The lowest BCUT2D eigenvalue weighted by Crippen LogP contribution is -3.11. The number of hydrogen-bond donors (Lipinski definition) is 1. The second kappa shape index (κ2) is 8.72. The molecule has 0 bridgehead atoms. The Morgan fingerprint density at radius 3 is 2.52 bits per heavy atom. The minimum absolute atomic E-state index is 0.819. The van der Waals surface area contributed by atoms with E-state index in [1.807, 2.05) is 0 Å². The molecule has 0 fully saturated rings. The molecule has 1 N–H and O–H groups in total. The van der Waals surface area contributed by atoms with Crippen molar-refractivity contribution in [2.45, 2.75) is 52.5 Å². The largest absolute Gasteiger partial charge is 0.335 e. The number of hydrogen-bond acceptors (Lipinski definition) is 2. The number of fused-ring (bicyclic) bond motifs is 1. The number of nitrogens with one attached hydrogen (secondary N) is 1. The van der Waals surface area contributed by atoms with Gasteiger partial charge in [0.05, 0.1) is 19.6 Å². The lowest BCUT2D eigenvalue weighted by Gasteiger charge is -2.25. The maximum Gasteiger partial charge on any atom is 0.141 e. The van der Waals surface area contributed by atoms with Gasteiger partial charge in [-0.1, -0.05) is 42.5 Å². The minimum Gasteiger partial charge on any atom is -0.335 e. The van der Waals surface area contributed by atoms with Crippen molar-refractivity contribution in [1.29, 1.82) is 0 Å². The standard InChI is InChI=1S/C21H29N3S/c1-3-23(4-2)15-10-16-24-19-14-9-8-13-18(19)21(25)22-20(24)17-11-6-5-7-12-17/h5-7,11-12H,3-4,8-10,13-16H2,1-2H3/p+1. The highest BCUT2D eigenvalue weighted by Gasteiger charge is 2.19. The fourth-order valence-electron chi connectivity index (χ4n) is 3.91. The van der Waals surface area contributed by atoms with E-state index in [1.165, 1.54) is 55.7 Å². The van der Waals surface area contributed by atoms with Gasteiger partial charge in [-0.2, -0.15) is 0 Å². The van der Waals surface area contributed by atoms with Crippen LogP contribution < -0.4 is 4.90 Å². The maximum atomic E-state index is 5.65. The van der Waals surface area contributed by atoms with Crippen molar-refractivity contribution in [3.05, 3.63) is 46.2 Å². The van der Waals surface area contributed by atoms with Gasteiger partial charge in [0.2, 0.25) is 0 Å². The first-order chi connectivity index (χ1) is 12.2. The van der Waals surface area contributed by atoms with Gasteiger partial charge < -0.3 is 9.47 Å². The SMILES string of the molecule is CC[NH+](CC)CCCn1c(-c2ccccc2)nc(=S)c2c1CCCC2. The van der Waals surface area contributed by atoms with Crippen LogP contribution in [0.5, 0.6) is 0 Å². The summed E-state index contributed by atoms with van der Waals surface area (Å²) in [4.78, 5) is 6.54. The molecular formula is C21H30N3S+. The summed E-state index contributed by atoms with van der Waals surface area (Å²) in [5.74, 6) is 1.06. The molecule has 1 aliphatic carbocycles. The Labute approximate surface area is 156 Å². The summed E-state index contributed by atoms with van der Waals surface area (Å²) in [7, 11) is 0. The van der Waals surface area contributed by atoms with Crippen LogP contribution in [0.3, 0.4) is 0 Å². The van der Waals surface area contributed by atoms with E-state index in [0.717, 1.165) is 29.9 Å². The Morgan fingerprint density at radius 2 is 1.80 bits per heavy atom. The Kier molecular flexibility index (Phi) is 6.38. The second-order valence-corrected chi connectivity index (χ2v) is 7.34. The van der Waals surface area contributed by atoms with Crippen molar-refractivity contribution in [3.8, 4) is 11.4 Å². The van der Waals surface area contributed by atoms with Crippen LogP contribution in [0.15, 0.2) is 30.3 Å². The average Bonchev–Trinajstić information content (AvgIpc) is 2.67. The molecule has 3 nitrogen and oxygen atoms in total. The van der Waals surface area contributed by atoms with Gasteiger partial charge in [-0.05, 0) is 39.5 Å². The van der Waals surface area contributed by atoms with Crippen molar-refractivity contribution in [3.63, 3.8) is 0 Å². The van der Waals surface area contributed by atoms with Gasteiger partial charge in [-0.3, -0.25) is 0 Å². The smallest absolute Gasteiger partial charge is 0.141 e. The molecule has 4 heteroatoms. The van der Waals surface area contributed by atoms with Crippen LogP contribution in [0.4, 0.5) is 0 Å². The summed E-state index contributed by atoms with van der Waals surface area (Å²) in [6, 6.07) is 10.5. The lowest BCUT2D eigenvalue weighted by atomic mass is 9.96. The second-order valence-electron chi connectivity index (χ2n) is 6.95. The number of aromatic nitrogens is 2. The molecule has 0 atom stereocenters. The predicted octanol–water partition coefficient (Wildman–Crippen LogP) is 3.47. The zero-order chi connectivity index (χ0) is 17.6. The van der Waals surface area contributed by atoms with Gasteiger partial charge in [-0.25, -0.2) is 4.98 Å². The average molecular weight is 357 g/mol. The molecule has 2 aromatic rings. The number of nitrogens with zero attached hydrogens (tertiary/aromatic N) is 2. The minimum atomic E-state index is 0.819. The normalized spacial score (nSPS) is 13.9. The third-order valence-electron chi connectivity index (χ3n) is 5.43. The van der Waals surface area contributed by atoms with E-state index in [0.29, 0.717) is 0 Å². The van der Waals surface area contributed by atoms with Crippen molar-refractivity contribution in [2.75, 3.05) is 19.6 Å². The van der Waals surface area contributed by atoms with Gasteiger partial charge in [0.15, 0.2) is 0 Å². The molecule has 0 unspecified atom stereocenters. The number of benzene rings is 1. The van der Waals surface area contributed by atoms with Gasteiger partial charge >= 0.3 is 0 Å². The van der Waals surface area contributed by atoms with Gasteiger partial charge in [-0.15, -0.1) is 0 Å². The Hall–Kier alpha value is -1.52. The molecule has 3 rings (SSSR count). The summed E-state index contributed by atoms with van der Waals surface area (Å²) < 4.78 is 3.29. The van der Waals surface area contributed by atoms with Gasteiger partial charge in [0.25, 0.3) is 0 Å². The first-order valence-electron chi connectivity index (χ1n) is 9.76. The van der Waals surface area contributed by atoms with Crippen LogP contribution in [0, 0.1) is 4.64 Å². The third kappa shape index (κ3) is 4.18. The highest BCUT2D eigenvalue weighted by molar-refractivity contribution is 7.71. The van der Waals surface area contributed by atoms with E-state index >= 15 is 0 Å². The Balaban J connectivity index is 1.97. The molecule has 1 heterocycles. The molecule has 0 spiro atoms. The maximum absolute atomic E-state index is 5.65. The molecular weight excluding hydrogens is 326 g/mol. The van der Waals surface area contributed by atoms with E-state index in [2.05, 4.69) is 48.7 Å². The zero-order valence-electron chi connectivity index (χ0n) is 15.6. The Morgan fingerprint density at radius 1 is 1.08 bits per heavy atom. The first-order valence-corrected chi connectivity index (χ1v) is 10.2. The fourth-order valence-corrected chi connectivity index (χ4v) is 4.22. The summed E-state index contributed by atoms with van der Waals surface area (Å²) >= 11 is 5.65. The zero-order valence-corrected chi connectivity index (χ0v) is 16.4. The quantitative estimate of drug-likeness (QED) is 0.768. The summed E-state index contributed by atoms with van der Waals surface area (Å²) in [5.41, 5.74) is 3.95. The molecule has 25 heavy (non-hydrogen) atoms. The molecule has 1 aromatic carbocycles. The molecule has 0 saturated heterocycles. The lowest BCUT2D eigenvalue weighted by molar-refractivity contribution is -0.896. The van der Waals surface area contributed by atoms with Crippen molar-refractivity contribution < 1.29 is 4.90 Å². The van der Waals surface area contributed by atoms with Gasteiger partial charge in [0, 0.05) is 29.8 Å². The van der Waals surface area contributed by atoms with Crippen LogP contribution in [0.1, 0.15) is 44.4 Å². The Bertz CT molecular complexity index is 748. The predicted molar refractivity (Wildman–Crippen MR) is 107 cm³/mol. The van der Waals surface area contributed by atoms with Crippen molar-refractivity contribution in [1.82, 2.24) is 9.55 Å². The number of quaternary nitrogens is 1. The molecule has 1 aliphatic rings. The van der Waals surface area contributed by atoms with Crippen LogP contribution in [0.25, 0.3) is 11.4 Å². The van der Waals surface area contributed by atoms with Crippen LogP contribution in [0.2, 0.25) is 0 Å². The van der Waals surface area contributed by atoms with Crippen molar-refractivity contribution >= 4 is 12.2 Å². The highest BCUT2D eigenvalue weighted by atomic mass is 32.1. The summed E-state index contributed by atoms with van der Waals surface area (Å²) in [6.45, 7) is 9.22. The van der Waals surface area contributed by atoms with E-state index in [-0.39, 0.29) is 0 Å². The molecule has 1 aromatic heterocycles. The molecule has 0 aliphatic heterocycles. The van der Waals surface area contributed by atoms with Crippen molar-refractivity contribution in [2.24, 2.45) is 0 Å². The summed E-state index contributed by atoms with van der Waals surface area (Å²) in [6.07, 6.45) is 5.93. The first kappa shape index (κ1) is 18.3. The van der Waals surface area contributed by atoms with E-state index < -0.39 is 0 Å². The van der Waals surface area contributed by atoms with E-state index in [4.69, 9.17) is 17.2 Å². The van der Waals surface area contributed by atoms with Crippen LogP contribution in [-0.2, 0) is 19.4 Å². The molecule has 0 amide bonds. The number of rotatable bonds is 7. The van der Waals surface area contributed by atoms with Gasteiger partial charge in [0.1, 0.15) is 10.5 Å². The van der Waals surface area contributed by atoms with E-state index in [9.17, 15) is 0 Å². The van der Waals surface area contributed by atoms with Crippen LogP contribution in [-0.4, -0.2) is 29.2 Å². The molecule has 0 saturated carbocycles. The fraction of sp³-hybridized carbons (Fsp3) is 0.524.